The molecule has 0 spiro atoms. The van der Waals surface area contributed by atoms with E-state index in [2.05, 4.69) is 0 Å². The summed E-state index contributed by atoms with van der Waals surface area (Å²) in [6.45, 7) is 0. The molecular weight excluding hydrogens is 262 g/mol. The number of carbonyl (C=O) groups is 1. The van der Waals surface area contributed by atoms with Gasteiger partial charge < -0.3 is 5.11 Å². The first-order valence-electron chi connectivity index (χ1n) is 3.58. The first-order valence-corrected chi connectivity index (χ1v) is 5.53. The fraction of sp³-hybridized carbons (Fsp3) is 0. The molecule has 0 aliphatic heterocycles. The first-order chi connectivity index (χ1) is 6.81. The van der Waals surface area contributed by atoms with Crippen LogP contribution in [0.4, 0.5) is 23.8 Å². The highest BCUT2D eigenvalue weighted by atomic mass is 32.5. The van der Waals surface area contributed by atoms with E-state index in [1.54, 1.807) is 0 Å². The lowest BCUT2D eigenvalue weighted by molar-refractivity contribution is 0.0691. The minimum absolute atomic E-state index is 0.144. The Balaban J connectivity index is 3.45. The zero-order chi connectivity index (χ0) is 12.8. The Hall–Kier alpha value is -1.38. The number of halogens is 6. The van der Waals surface area contributed by atoms with Crippen molar-refractivity contribution in [3.8, 4) is 0 Å². The lowest BCUT2D eigenvalue weighted by atomic mass is 10.2. The summed E-state index contributed by atoms with van der Waals surface area (Å²) in [6.07, 6.45) is 0. The maximum Gasteiger partial charge on any atom is 0.338 e. The van der Waals surface area contributed by atoms with Gasteiger partial charge in [0.25, 0.3) is 0 Å². The maximum atomic E-state index is 12.8. The molecule has 9 heteroatoms. The molecule has 0 heterocycles. The minimum Gasteiger partial charge on any atom is -0.478 e. The van der Waals surface area contributed by atoms with E-state index in [0.29, 0.717) is 0 Å². The van der Waals surface area contributed by atoms with E-state index in [1.165, 1.54) is 0 Å². The van der Waals surface area contributed by atoms with Crippen molar-refractivity contribution >= 4 is 16.2 Å². The predicted octanol–water partition coefficient (Wildman–Crippen LogP) is 4.18. The van der Waals surface area contributed by atoms with Gasteiger partial charge in [0.15, 0.2) is 0 Å². The molecule has 1 aromatic rings. The molecule has 1 rings (SSSR count). The molecule has 16 heavy (non-hydrogen) atoms. The Labute approximate surface area is 85.2 Å². The smallest absolute Gasteiger partial charge is 0.338 e. The molecule has 0 bridgehead atoms. The minimum atomic E-state index is -9.96. The van der Waals surface area contributed by atoms with Crippen LogP contribution < -0.4 is 0 Å². The highest BCUT2D eigenvalue weighted by molar-refractivity contribution is 8.45. The van der Waals surface area contributed by atoms with Gasteiger partial charge in [0, 0.05) is 0 Å². The predicted molar refractivity (Wildman–Crippen MR) is 44.8 cm³/mol. The van der Waals surface area contributed by atoms with Gasteiger partial charge in [-0.25, -0.2) is 9.18 Å². The quantitative estimate of drug-likeness (QED) is 0.815. The van der Waals surface area contributed by atoms with E-state index in [9.17, 15) is 28.6 Å². The number of benzene rings is 1. The van der Waals surface area contributed by atoms with Crippen LogP contribution in [0.25, 0.3) is 0 Å². The van der Waals surface area contributed by atoms with Crippen LogP contribution in [-0.2, 0) is 0 Å². The third-order valence-electron chi connectivity index (χ3n) is 1.62. The van der Waals surface area contributed by atoms with E-state index < -0.39 is 38.5 Å². The molecular formula is C7H4F6O2S. The molecule has 2 nitrogen and oxygen atoms in total. The second kappa shape index (κ2) is 2.65. The van der Waals surface area contributed by atoms with Crippen LogP contribution in [0.3, 0.4) is 0 Å². The van der Waals surface area contributed by atoms with Crippen molar-refractivity contribution in [1.82, 2.24) is 0 Å². The number of rotatable bonds is 2. The van der Waals surface area contributed by atoms with E-state index in [4.69, 9.17) is 5.11 Å². The summed E-state index contributed by atoms with van der Waals surface area (Å²) in [7, 11) is -9.96. The SMILES string of the molecule is O=C(O)c1ccc(S(F)(F)(F)(F)F)cc1F. The average Bonchev–Trinajstić information content (AvgIpc) is 1.98. The second-order valence-corrected chi connectivity index (χ2v) is 5.33. The molecule has 0 saturated carbocycles. The van der Waals surface area contributed by atoms with Gasteiger partial charge in [0.1, 0.15) is 10.7 Å². The van der Waals surface area contributed by atoms with E-state index in [1.807, 2.05) is 0 Å². The summed E-state index contributed by atoms with van der Waals surface area (Å²) in [6, 6.07) is -0.538. The molecule has 0 aliphatic rings. The van der Waals surface area contributed by atoms with Crippen molar-refractivity contribution in [2.75, 3.05) is 0 Å². The lowest BCUT2D eigenvalue weighted by Crippen LogP contribution is -2.08. The fourth-order valence-corrected chi connectivity index (χ4v) is 1.56. The first kappa shape index (κ1) is 12.7. The van der Waals surface area contributed by atoms with Crippen molar-refractivity contribution in [1.29, 1.82) is 0 Å². The summed E-state index contributed by atoms with van der Waals surface area (Å²) in [5, 5.41) is 8.29. The second-order valence-electron chi connectivity index (χ2n) is 2.92. The zero-order valence-electron chi connectivity index (χ0n) is 7.26. The van der Waals surface area contributed by atoms with Crippen LogP contribution in [0.5, 0.6) is 0 Å². The molecule has 0 unspecified atom stereocenters. The molecule has 1 N–H and O–H groups in total. The van der Waals surface area contributed by atoms with Gasteiger partial charge in [0.2, 0.25) is 0 Å². The van der Waals surface area contributed by atoms with Crippen LogP contribution >= 0.6 is 10.2 Å². The third-order valence-corrected chi connectivity index (χ3v) is 2.76. The number of aromatic carboxylic acids is 1. The van der Waals surface area contributed by atoms with Crippen molar-refractivity contribution in [3.05, 3.63) is 29.6 Å². The summed E-state index contributed by atoms with van der Waals surface area (Å²) >= 11 is 0. The topological polar surface area (TPSA) is 37.3 Å². The molecule has 0 aliphatic carbocycles. The number of hydrogen-bond donors (Lipinski definition) is 1. The van der Waals surface area contributed by atoms with E-state index >= 15 is 0 Å². The third kappa shape index (κ3) is 2.60. The van der Waals surface area contributed by atoms with Crippen molar-refractivity contribution in [3.63, 3.8) is 0 Å². The Bertz CT molecular complexity index is 465. The van der Waals surface area contributed by atoms with Gasteiger partial charge in [0.05, 0.1) is 5.56 Å². The molecule has 0 radical (unpaired) electrons. The van der Waals surface area contributed by atoms with Crippen LogP contribution in [0, 0.1) is 5.82 Å². The molecule has 0 fully saturated rings. The molecule has 0 amide bonds. The van der Waals surface area contributed by atoms with Crippen LogP contribution in [-0.4, -0.2) is 11.1 Å². The van der Waals surface area contributed by atoms with Gasteiger partial charge in [-0.05, 0) is 18.2 Å². The fourth-order valence-electron chi connectivity index (χ4n) is 0.909. The van der Waals surface area contributed by atoms with Crippen molar-refractivity contribution in [2.45, 2.75) is 4.90 Å². The Kier molecular flexibility index (Phi) is 2.10. The van der Waals surface area contributed by atoms with Gasteiger partial charge in [-0.15, -0.1) is 0 Å². The molecule has 1 aromatic carbocycles. The molecule has 0 atom stereocenters. The monoisotopic (exact) mass is 266 g/mol. The van der Waals surface area contributed by atoms with Gasteiger partial charge in [-0.2, -0.15) is 0 Å². The summed E-state index contributed by atoms with van der Waals surface area (Å²) in [5.74, 6) is -3.70. The zero-order valence-corrected chi connectivity index (χ0v) is 8.08. The number of hydrogen-bond acceptors (Lipinski definition) is 1. The standard InChI is InChI=1S/C7H4F6O2S/c8-6-3-4(16(9,10,11,12)13)1-2-5(6)7(14)15/h1-3H,(H,14,15). The Morgan fingerprint density at radius 1 is 1.12 bits per heavy atom. The molecule has 0 aromatic heterocycles. The average molecular weight is 266 g/mol. The highest BCUT2D eigenvalue weighted by Crippen LogP contribution is 3.02. The van der Waals surface area contributed by atoms with Crippen molar-refractivity contribution in [2.24, 2.45) is 0 Å². The Morgan fingerprint density at radius 2 is 1.62 bits per heavy atom. The summed E-state index contributed by atoms with van der Waals surface area (Å²) in [4.78, 5) is 7.79. The number of carboxylic acid groups (broad SMARTS) is 1. The highest BCUT2D eigenvalue weighted by Gasteiger charge is 2.65. The summed E-state index contributed by atoms with van der Waals surface area (Å²) in [5.41, 5.74) is -1.11. The van der Waals surface area contributed by atoms with Crippen LogP contribution in [0.15, 0.2) is 23.1 Å². The molecule has 92 valence electrons. The summed E-state index contributed by atoms with van der Waals surface area (Å²) < 4.78 is 73.5. The largest absolute Gasteiger partial charge is 0.478 e. The van der Waals surface area contributed by atoms with Gasteiger partial charge in [-0.3, -0.25) is 0 Å². The van der Waals surface area contributed by atoms with Gasteiger partial charge in [-0.1, -0.05) is 19.4 Å². The normalized spacial score (nSPS) is 16.4. The van der Waals surface area contributed by atoms with Crippen molar-refractivity contribution < 1.29 is 33.7 Å². The lowest BCUT2D eigenvalue weighted by Gasteiger charge is -2.40. The van der Waals surface area contributed by atoms with Crippen LogP contribution in [0.2, 0.25) is 0 Å². The molecule has 0 saturated heterocycles. The maximum absolute atomic E-state index is 12.8. The van der Waals surface area contributed by atoms with E-state index in [-0.39, 0.29) is 12.1 Å². The van der Waals surface area contributed by atoms with Gasteiger partial charge >= 0.3 is 16.2 Å². The van der Waals surface area contributed by atoms with E-state index in [0.717, 1.165) is 0 Å². The van der Waals surface area contributed by atoms with Crippen LogP contribution in [0.1, 0.15) is 10.4 Å². The Morgan fingerprint density at radius 3 is 1.94 bits per heavy atom. The number of carboxylic acids is 1.